The Labute approximate surface area is 168 Å². The van der Waals surface area contributed by atoms with Crippen LogP contribution in [0.1, 0.15) is 5.56 Å². The second-order valence-electron chi connectivity index (χ2n) is 6.72. The summed E-state index contributed by atoms with van der Waals surface area (Å²) in [7, 11) is 0. The van der Waals surface area contributed by atoms with Gasteiger partial charge in [0.05, 0.1) is 18.7 Å². The van der Waals surface area contributed by atoms with Crippen molar-refractivity contribution < 1.29 is 9.53 Å². The van der Waals surface area contributed by atoms with Crippen molar-refractivity contribution in [1.29, 1.82) is 0 Å². The lowest BCUT2D eigenvalue weighted by Gasteiger charge is -2.28. The number of hydrogen-bond donors (Lipinski definition) is 2. The number of benzene rings is 2. The van der Waals surface area contributed by atoms with Crippen LogP contribution in [0.15, 0.2) is 48.5 Å². The summed E-state index contributed by atoms with van der Waals surface area (Å²) in [6, 6.07) is 14.5. The summed E-state index contributed by atoms with van der Waals surface area (Å²) in [5.41, 5.74) is 3.36. The Kier molecular flexibility index (Phi) is 5.32. The summed E-state index contributed by atoms with van der Waals surface area (Å²) >= 11 is 5.95. The highest BCUT2D eigenvalue weighted by Gasteiger charge is 2.14. The minimum atomic E-state index is -0.322. The number of fused-ring (bicyclic) bond motifs is 1. The van der Waals surface area contributed by atoms with Gasteiger partial charge in [0, 0.05) is 34.9 Å². The average molecular weight is 397 g/mol. The zero-order valence-electron chi connectivity index (χ0n) is 15.5. The number of amides is 2. The number of anilines is 3. The number of rotatable bonds is 3. The third kappa shape index (κ3) is 4.18. The van der Waals surface area contributed by atoms with E-state index in [1.165, 1.54) is 0 Å². The number of nitrogens with one attached hydrogen (secondary N) is 2. The van der Waals surface area contributed by atoms with Gasteiger partial charge < -0.3 is 20.3 Å². The lowest BCUT2D eigenvalue weighted by molar-refractivity contribution is 0.122. The van der Waals surface area contributed by atoms with Crippen molar-refractivity contribution in [3.05, 3.63) is 59.1 Å². The van der Waals surface area contributed by atoms with Gasteiger partial charge in [-0.05, 0) is 55.0 Å². The van der Waals surface area contributed by atoms with Crippen molar-refractivity contribution in [2.24, 2.45) is 0 Å². The number of nitrogens with zero attached hydrogens (tertiary/aromatic N) is 2. The lowest BCUT2D eigenvalue weighted by atomic mass is 10.1. The SMILES string of the molecule is Cc1cc(N2CCOCC2)nc2ccc(NC(=O)Nc3cccc(Cl)c3)cc12. The van der Waals surface area contributed by atoms with Crippen molar-refractivity contribution in [2.75, 3.05) is 41.8 Å². The molecule has 0 atom stereocenters. The number of halogens is 1. The maximum Gasteiger partial charge on any atom is 0.323 e. The zero-order chi connectivity index (χ0) is 19.5. The molecule has 4 rings (SSSR count). The predicted molar refractivity (Wildman–Crippen MR) is 114 cm³/mol. The molecule has 2 heterocycles. The molecule has 0 bridgehead atoms. The van der Waals surface area contributed by atoms with E-state index in [1.807, 2.05) is 18.2 Å². The van der Waals surface area contributed by atoms with E-state index in [4.69, 9.17) is 21.3 Å². The fraction of sp³-hybridized carbons (Fsp3) is 0.238. The van der Waals surface area contributed by atoms with E-state index in [9.17, 15) is 4.79 Å². The van der Waals surface area contributed by atoms with E-state index < -0.39 is 0 Å². The summed E-state index contributed by atoms with van der Waals surface area (Å²) in [6.07, 6.45) is 0. The summed E-state index contributed by atoms with van der Waals surface area (Å²) in [5, 5.41) is 7.22. The minimum absolute atomic E-state index is 0.322. The third-order valence-corrected chi connectivity index (χ3v) is 4.91. The van der Waals surface area contributed by atoms with E-state index in [0.29, 0.717) is 16.4 Å². The Morgan fingerprint density at radius 3 is 2.57 bits per heavy atom. The second-order valence-corrected chi connectivity index (χ2v) is 7.15. The van der Waals surface area contributed by atoms with Gasteiger partial charge in [-0.25, -0.2) is 9.78 Å². The number of pyridine rings is 1. The molecule has 6 nitrogen and oxygen atoms in total. The van der Waals surface area contributed by atoms with Crippen molar-refractivity contribution in [3.63, 3.8) is 0 Å². The molecule has 1 fully saturated rings. The van der Waals surface area contributed by atoms with E-state index in [-0.39, 0.29) is 6.03 Å². The van der Waals surface area contributed by atoms with Gasteiger partial charge in [-0.15, -0.1) is 0 Å². The van der Waals surface area contributed by atoms with Crippen LogP contribution in [0, 0.1) is 6.92 Å². The van der Waals surface area contributed by atoms with Crippen LogP contribution in [0.4, 0.5) is 22.0 Å². The molecule has 7 heteroatoms. The smallest absolute Gasteiger partial charge is 0.323 e. The maximum absolute atomic E-state index is 12.3. The highest BCUT2D eigenvalue weighted by atomic mass is 35.5. The van der Waals surface area contributed by atoms with Crippen LogP contribution < -0.4 is 15.5 Å². The number of aryl methyl sites for hydroxylation is 1. The van der Waals surface area contributed by atoms with E-state index in [0.717, 1.165) is 48.6 Å². The largest absolute Gasteiger partial charge is 0.378 e. The molecule has 1 aliphatic heterocycles. The van der Waals surface area contributed by atoms with Crippen LogP contribution in [0.5, 0.6) is 0 Å². The van der Waals surface area contributed by atoms with Crippen molar-refractivity contribution in [3.8, 4) is 0 Å². The molecule has 1 aromatic heterocycles. The molecule has 0 aliphatic carbocycles. The molecule has 2 aromatic carbocycles. The first kappa shape index (κ1) is 18.5. The topological polar surface area (TPSA) is 66.5 Å². The molecule has 0 saturated carbocycles. The summed E-state index contributed by atoms with van der Waals surface area (Å²) in [4.78, 5) is 19.3. The third-order valence-electron chi connectivity index (χ3n) is 4.68. The molecule has 2 N–H and O–H groups in total. The van der Waals surface area contributed by atoms with Gasteiger partial charge in [0.2, 0.25) is 0 Å². The molecule has 144 valence electrons. The minimum Gasteiger partial charge on any atom is -0.378 e. The Bertz CT molecular complexity index is 1020. The lowest BCUT2D eigenvalue weighted by Crippen LogP contribution is -2.36. The number of carbonyl (C=O) groups is 1. The predicted octanol–water partition coefficient (Wildman–Crippen LogP) is 4.68. The zero-order valence-corrected chi connectivity index (χ0v) is 16.3. The van der Waals surface area contributed by atoms with Crippen LogP contribution in [0.2, 0.25) is 5.02 Å². The van der Waals surface area contributed by atoms with Gasteiger partial charge in [0.25, 0.3) is 0 Å². The number of ether oxygens (including phenoxy) is 1. The number of hydrogen-bond acceptors (Lipinski definition) is 4. The van der Waals surface area contributed by atoms with E-state index in [2.05, 4.69) is 28.5 Å². The van der Waals surface area contributed by atoms with Gasteiger partial charge in [-0.3, -0.25) is 0 Å². The number of morpholine rings is 1. The van der Waals surface area contributed by atoms with Crippen LogP contribution in [0.3, 0.4) is 0 Å². The molecule has 2 amide bonds. The van der Waals surface area contributed by atoms with Crippen LogP contribution >= 0.6 is 11.6 Å². The van der Waals surface area contributed by atoms with Gasteiger partial charge in [0.1, 0.15) is 5.82 Å². The normalized spacial score (nSPS) is 14.1. The van der Waals surface area contributed by atoms with Crippen molar-refractivity contribution >= 4 is 45.7 Å². The Morgan fingerprint density at radius 2 is 1.82 bits per heavy atom. The Hall–Kier alpha value is -2.83. The fourth-order valence-electron chi connectivity index (χ4n) is 3.27. The molecule has 0 unspecified atom stereocenters. The molecule has 0 radical (unpaired) electrons. The average Bonchev–Trinajstić information content (AvgIpc) is 2.69. The highest BCUT2D eigenvalue weighted by Crippen LogP contribution is 2.26. The summed E-state index contributed by atoms with van der Waals surface area (Å²) in [6.45, 7) is 5.21. The van der Waals surface area contributed by atoms with Crippen LogP contribution in [-0.2, 0) is 4.74 Å². The monoisotopic (exact) mass is 396 g/mol. The summed E-state index contributed by atoms with van der Waals surface area (Å²) < 4.78 is 5.42. The van der Waals surface area contributed by atoms with Gasteiger partial charge in [0.15, 0.2) is 0 Å². The second kappa shape index (κ2) is 8.04. The number of aromatic nitrogens is 1. The summed E-state index contributed by atoms with van der Waals surface area (Å²) in [5.74, 6) is 0.965. The van der Waals surface area contributed by atoms with Crippen molar-refractivity contribution in [1.82, 2.24) is 4.98 Å². The first-order chi connectivity index (χ1) is 13.6. The maximum atomic E-state index is 12.3. The van der Waals surface area contributed by atoms with Crippen molar-refractivity contribution in [2.45, 2.75) is 6.92 Å². The molecule has 3 aromatic rings. The quantitative estimate of drug-likeness (QED) is 0.674. The van der Waals surface area contributed by atoms with Gasteiger partial charge >= 0.3 is 6.03 Å². The first-order valence-electron chi connectivity index (χ1n) is 9.16. The number of carbonyl (C=O) groups excluding carboxylic acids is 1. The van der Waals surface area contributed by atoms with Crippen LogP contribution in [0.25, 0.3) is 10.9 Å². The Balaban J connectivity index is 1.52. The highest BCUT2D eigenvalue weighted by molar-refractivity contribution is 6.30. The van der Waals surface area contributed by atoms with E-state index >= 15 is 0 Å². The molecule has 28 heavy (non-hydrogen) atoms. The molecule has 1 aliphatic rings. The molecular formula is C21H21ClN4O2. The fourth-order valence-corrected chi connectivity index (χ4v) is 3.46. The van der Waals surface area contributed by atoms with Gasteiger partial charge in [-0.2, -0.15) is 0 Å². The van der Waals surface area contributed by atoms with Crippen LogP contribution in [-0.4, -0.2) is 37.3 Å². The number of urea groups is 1. The molecule has 1 saturated heterocycles. The van der Waals surface area contributed by atoms with Gasteiger partial charge in [-0.1, -0.05) is 17.7 Å². The molecule has 0 spiro atoms. The Morgan fingerprint density at radius 1 is 1.07 bits per heavy atom. The first-order valence-corrected chi connectivity index (χ1v) is 9.54. The molecular weight excluding hydrogens is 376 g/mol. The standard InChI is InChI=1S/C21H21ClN4O2/c1-14-11-20(26-7-9-28-10-8-26)25-19-6-5-17(13-18(14)19)24-21(27)23-16-4-2-3-15(22)12-16/h2-6,11-13H,7-10H2,1H3,(H2,23,24,27). The van der Waals surface area contributed by atoms with E-state index in [1.54, 1.807) is 24.3 Å².